The predicted octanol–water partition coefficient (Wildman–Crippen LogP) is 9.19. The summed E-state index contributed by atoms with van der Waals surface area (Å²) in [5, 5.41) is 21.4. The SMILES string of the molecule is CCCCCCCC1(CCCCCCC=C[C@H](C(=O)N2C(=S)OC(c3ccccc3)(c3ccccc3)C2C(C)C)[C@@](O)(CC(F)F)C(=O)O)OCCO1. The summed E-state index contributed by atoms with van der Waals surface area (Å²) in [5.41, 5.74) is -2.97. The van der Waals surface area contributed by atoms with Crippen LogP contribution in [0.15, 0.2) is 72.8 Å². The van der Waals surface area contributed by atoms with E-state index in [4.69, 9.17) is 26.4 Å². The van der Waals surface area contributed by atoms with Crippen molar-refractivity contribution in [2.45, 2.75) is 134 Å². The molecule has 3 atom stereocenters. The van der Waals surface area contributed by atoms with E-state index in [0.717, 1.165) is 38.5 Å². The highest BCUT2D eigenvalue weighted by molar-refractivity contribution is 7.80. The molecule has 2 aliphatic heterocycles. The van der Waals surface area contributed by atoms with Gasteiger partial charge in [-0.1, -0.05) is 132 Å². The minimum Gasteiger partial charge on any atom is -0.479 e. The second-order valence-electron chi connectivity index (χ2n) is 14.7. The van der Waals surface area contributed by atoms with Crippen molar-refractivity contribution in [3.8, 4) is 0 Å². The van der Waals surface area contributed by atoms with E-state index in [0.29, 0.717) is 37.2 Å². The number of nitrogens with zero attached hydrogens (tertiary/aromatic N) is 1. The third kappa shape index (κ3) is 10.3. The first-order valence-corrected chi connectivity index (χ1v) is 19.7. The Labute approximate surface area is 318 Å². The number of unbranched alkanes of at least 4 members (excludes halogenated alkanes) is 8. The van der Waals surface area contributed by atoms with Crippen molar-refractivity contribution >= 4 is 29.3 Å². The summed E-state index contributed by atoms with van der Waals surface area (Å²) >= 11 is 5.70. The van der Waals surface area contributed by atoms with Gasteiger partial charge < -0.3 is 24.4 Å². The summed E-state index contributed by atoms with van der Waals surface area (Å²) in [6.07, 6.45) is 9.70. The number of carbonyl (C=O) groups is 2. The molecule has 292 valence electrons. The lowest BCUT2D eigenvalue weighted by atomic mass is 9.75. The lowest BCUT2D eigenvalue weighted by Crippen LogP contribution is -2.57. The van der Waals surface area contributed by atoms with Crippen molar-refractivity contribution in [2.75, 3.05) is 13.2 Å². The average molecular weight is 758 g/mol. The highest BCUT2D eigenvalue weighted by Gasteiger charge is 2.60. The van der Waals surface area contributed by atoms with Gasteiger partial charge in [0.05, 0.1) is 25.2 Å². The van der Waals surface area contributed by atoms with E-state index in [1.165, 1.54) is 36.7 Å². The smallest absolute Gasteiger partial charge is 0.337 e. The molecule has 2 aromatic rings. The highest BCUT2D eigenvalue weighted by Crippen LogP contribution is 2.48. The van der Waals surface area contributed by atoms with Crippen LogP contribution in [0.25, 0.3) is 0 Å². The molecule has 0 bridgehead atoms. The molecule has 53 heavy (non-hydrogen) atoms. The number of carboxylic acid groups (broad SMARTS) is 1. The number of amides is 1. The summed E-state index contributed by atoms with van der Waals surface area (Å²) in [6.45, 7) is 7.19. The molecule has 2 fully saturated rings. The zero-order chi connectivity index (χ0) is 38.5. The Hall–Kier alpha value is -3.25. The largest absolute Gasteiger partial charge is 0.479 e. The molecular weight excluding hydrogens is 701 g/mol. The third-order valence-electron chi connectivity index (χ3n) is 10.5. The molecule has 0 aromatic heterocycles. The van der Waals surface area contributed by atoms with Gasteiger partial charge in [0.15, 0.2) is 17.0 Å². The van der Waals surface area contributed by atoms with Crippen LogP contribution in [-0.2, 0) is 29.4 Å². The molecule has 0 radical (unpaired) electrons. The van der Waals surface area contributed by atoms with Gasteiger partial charge >= 0.3 is 5.97 Å². The number of alkyl halides is 2. The number of aliphatic hydroxyl groups is 1. The van der Waals surface area contributed by atoms with Crippen molar-refractivity contribution in [3.63, 3.8) is 0 Å². The number of hydrogen-bond donors (Lipinski definition) is 2. The molecule has 2 aromatic carbocycles. The molecule has 2 N–H and O–H groups in total. The summed E-state index contributed by atoms with van der Waals surface area (Å²) in [7, 11) is 0. The van der Waals surface area contributed by atoms with Gasteiger partial charge in [0.2, 0.25) is 12.3 Å². The molecular formula is C42H57F2NO7S. The van der Waals surface area contributed by atoms with Crippen LogP contribution in [0, 0.1) is 11.8 Å². The van der Waals surface area contributed by atoms with Crippen LogP contribution in [0.4, 0.5) is 8.78 Å². The quantitative estimate of drug-likeness (QED) is 0.0696. The second-order valence-corrected chi connectivity index (χ2v) is 15.0. The summed E-state index contributed by atoms with van der Waals surface area (Å²) in [6, 6.07) is 17.7. The molecule has 1 unspecified atom stereocenters. The van der Waals surface area contributed by atoms with Gasteiger partial charge in [-0.15, -0.1) is 0 Å². The maximum Gasteiger partial charge on any atom is 0.337 e. The summed E-state index contributed by atoms with van der Waals surface area (Å²) in [5.74, 6) is -5.51. The fraction of sp³-hybridized carbons (Fsp3) is 0.595. The zero-order valence-electron chi connectivity index (χ0n) is 31.4. The molecule has 0 aliphatic carbocycles. The Morgan fingerprint density at radius 1 is 0.906 bits per heavy atom. The number of carbonyl (C=O) groups excluding carboxylic acids is 1. The minimum atomic E-state index is -3.19. The van der Waals surface area contributed by atoms with Crippen LogP contribution in [-0.4, -0.2) is 69.2 Å². The van der Waals surface area contributed by atoms with Crippen LogP contribution in [0.3, 0.4) is 0 Å². The topological polar surface area (TPSA) is 106 Å². The van der Waals surface area contributed by atoms with Gasteiger partial charge in [0, 0.05) is 30.4 Å². The Morgan fingerprint density at radius 3 is 1.92 bits per heavy atom. The average Bonchev–Trinajstić information content (AvgIpc) is 3.74. The van der Waals surface area contributed by atoms with E-state index in [1.54, 1.807) is 6.08 Å². The van der Waals surface area contributed by atoms with Gasteiger partial charge in [-0.2, -0.15) is 0 Å². The van der Waals surface area contributed by atoms with Crippen LogP contribution < -0.4 is 0 Å². The lowest BCUT2D eigenvalue weighted by Gasteiger charge is -2.39. The van der Waals surface area contributed by atoms with E-state index in [2.05, 4.69) is 6.92 Å². The molecule has 1 amide bonds. The first-order valence-electron chi connectivity index (χ1n) is 19.3. The van der Waals surface area contributed by atoms with Crippen molar-refractivity contribution in [3.05, 3.63) is 83.9 Å². The number of hydrogen-bond acceptors (Lipinski definition) is 7. The van der Waals surface area contributed by atoms with Crippen LogP contribution in [0.2, 0.25) is 0 Å². The van der Waals surface area contributed by atoms with Gasteiger partial charge in [-0.25, -0.2) is 13.6 Å². The van der Waals surface area contributed by atoms with Crippen LogP contribution in [0.1, 0.15) is 115 Å². The number of aliphatic carboxylic acids is 1. The van der Waals surface area contributed by atoms with Crippen LogP contribution in [0.5, 0.6) is 0 Å². The molecule has 4 rings (SSSR count). The summed E-state index contributed by atoms with van der Waals surface area (Å²) in [4.78, 5) is 28.4. The number of allylic oxidation sites excluding steroid dienone is 1. The maximum absolute atomic E-state index is 14.7. The fourth-order valence-corrected chi connectivity index (χ4v) is 8.20. The van der Waals surface area contributed by atoms with Gasteiger partial charge in [-0.3, -0.25) is 9.69 Å². The van der Waals surface area contributed by atoms with Gasteiger partial charge in [0.1, 0.15) is 0 Å². The normalized spacial score (nSPS) is 19.9. The van der Waals surface area contributed by atoms with Crippen molar-refractivity contribution < 1.29 is 42.8 Å². The highest BCUT2D eigenvalue weighted by atomic mass is 32.1. The number of carboxylic acids is 1. The second kappa shape index (κ2) is 19.9. The number of halogens is 2. The Morgan fingerprint density at radius 2 is 1.43 bits per heavy atom. The Kier molecular flexibility index (Phi) is 15.9. The van der Waals surface area contributed by atoms with E-state index in [9.17, 15) is 28.6 Å². The Bertz CT molecular complexity index is 1450. The maximum atomic E-state index is 14.7. The Balaban J connectivity index is 1.52. The van der Waals surface area contributed by atoms with E-state index >= 15 is 0 Å². The number of ether oxygens (including phenoxy) is 3. The monoisotopic (exact) mass is 757 g/mol. The third-order valence-corrected chi connectivity index (χ3v) is 10.8. The fourth-order valence-electron chi connectivity index (χ4n) is 7.86. The van der Waals surface area contributed by atoms with Crippen molar-refractivity contribution in [2.24, 2.45) is 11.8 Å². The molecule has 2 saturated heterocycles. The number of benzene rings is 2. The first-order chi connectivity index (χ1) is 25.4. The molecule has 8 nitrogen and oxygen atoms in total. The first kappa shape index (κ1) is 42.5. The summed E-state index contributed by atoms with van der Waals surface area (Å²) < 4.78 is 46.4. The molecule has 0 spiro atoms. The van der Waals surface area contributed by atoms with Crippen molar-refractivity contribution in [1.82, 2.24) is 4.90 Å². The predicted molar refractivity (Wildman–Crippen MR) is 204 cm³/mol. The van der Waals surface area contributed by atoms with E-state index < -0.39 is 53.7 Å². The van der Waals surface area contributed by atoms with Crippen LogP contribution >= 0.6 is 12.2 Å². The van der Waals surface area contributed by atoms with Gasteiger partial charge in [-0.05, 0) is 43.8 Å². The molecule has 2 heterocycles. The van der Waals surface area contributed by atoms with E-state index in [-0.39, 0.29) is 11.1 Å². The number of thiocarbonyl (C=S) groups is 1. The zero-order valence-corrected chi connectivity index (χ0v) is 32.2. The van der Waals surface area contributed by atoms with E-state index in [1.807, 2.05) is 74.5 Å². The standard InChI is InChI=1S/C42H57F2NO7S/c1-4-5-6-10-19-26-40(50-28-29-51-40)27-20-11-8-7-9-18-25-34(41(49,38(47)48)30-35(43)44)37(46)45-36(31(2)3)42(52-39(45)53,32-21-14-12-15-22-32)33-23-16-13-17-24-33/h12-18,21-25,31,34-36,49H,4-11,19-20,26-30H2,1-3H3,(H,47,48)/t34-,36?,41+/m1/s1. The lowest BCUT2D eigenvalue weighted by molar-refractivity contribution is -0.173. The molecule has 2 aliphatic rings. The van der Waals surface area contributed by atoms with Gasteiger partial charge in [0.25, 0.3) is 5.17 Å². The number of rotatable bonds is 22. The molecule has 11 heteroatoms. The molecule has 0 saturated carbocycles. The minimum absolute atomic E-state index is 0.224. The van der Waals surface area contributed by atoms with Crippen molar-refractivity contribution in [1.29, 1.82) is 0 Å².